The van der Waals surface area contributed by atoms with Crippen molar-refractivity contribution in [2.45, 2.75) is 38.1 Å². The average Bonchev–Trinajstić information content (AvgIpc) is 2.39. The van der Waals surface area contributed by atoms with Crippen molar-refractivity contribution in [3.05, 3.63) is 23.3 Å². The van der Waals surface area contributed by atoms with Crippen LogP contribution in [0, 0.1) is 0 Å². The largest absolute Gasteiger partial charge is 0.317 e. The van der Waals surface area contributed by atoms with E-state index >= 15 is 0 Å². The Balaban J connectivity index is 1.67. The zero-order valence-corrected chi connectivity index (χ0v) is 10.0. The molecule has 2 heterocycles. The van der Waals surface area contributed by atoms with Crippen LogP contribution in [0.4, 0.5) is 0 Å². The molecule has 3 rings (SSSR count). The van der Waals surface area contributed by atoms with Gasteiger partial charge in [0.1, 0.15) is 0 Å². The molecule has 1 fully saturated rings. The Morgan fingerprint density at radius 1 is 1.19 bits per heavy atom. The molecule has 1 N–H and O–H groups in total. The van der Waals surface area contributed by atoms with Gasteiger partial charge in [-0.1, -0.05) is 17.7 Å². The number of nitrogens with zero attached hydrogens (tertiary/aromatic N) is 1. The summed E-state index contributed by atoms with van der Waals surface area (Å²) in [5.74, 6) is 0. The van der Waals surface area contributed by atoms with Crippen molar-refractivity contribution in [2.75, 3.05) is 26.2 Å². The number of rotatable bonds is 1. The third-order valence-electron chi connectivity index (χ3n) is 4.27. The molecular formula is C14H22N2. The number of allylic oxidation sites excluding steroid dienone is 2. The predicted molar refractivity (Wildman–Crippen MR) is 67.5 cm³/mol. The Hall–Kier alpha value is -0.600. The Morgan fingerprint density at radius 3 is 2.94 bits per heavy atom. The van der Waals surface area contributed by atoms with Crippen molar-refractivity contribution in [1.29, 1.82) is 0 Å². The highest BCUT2D eigenvalue weighted by atomic mass is 15.2. The van der Waals surface area contributed by atoms with Gasteiger partial charge in [-0.15, -0.1) is 0 Å². The highest BCUT2D eigenvalue weighted by molar-refractivity contribution is 5.32. The summed E-state index contributed by atoms with van der Waals surface area (Å²) in [6.07, 6.45) is 11.3. The van der Waals surface area contributed by atoms with Gasteiger partial charge in [0, 0.05) is 19.1 Å². The van der Waals surface area contributed by atoms with Crippen molar-refractivity contribution < 1.29 is 0 Å². The molecule has 2 heteroatoms. The van der Waals surface area contributed by atoms with Crippen molar-refractivity contribution in [3.63, 3.8) is 0 Å². The van der Waals surface area contributed by atoms with Gasteiger partial charge in [0.2, 0.25) is 0 Å². The van der Waals surface area contributed by atoms with Gasteiger partial charge in [0.05, 0.1) is 0 Å². The molecule has 0 atom stereocenters. The highest BCUT2D eigenvalue weighted by Gasteiger charge is 2.25. The normalized spacial score (nSPS) is 28.2. The van der Waals surface area contributed by atoms with E-state index in [4.69, 9.17) is 0 Å². The summed E-state index contributed by atoms with van der Waals surface area (Å²) >= 11 is 0. The Bertz CT molecular complexity index is 311. The van der Waals surface area contributed by atoms with Gasteiger partial charge >= 0.3 is 0 Å². The van der Waals surface area contributed by atoms with E-state index in [9.17, 15) is 0 Å². The topological polar surface area (TPSA) is 15.3 Å². The minimum Gasteiger partial charge on any atom is -0.317 e. The smallest absolute Gasteiger partial charge is 0.0201 e. The van der Waals surface area contributed by atoms with Crippen LogP contribution in [-0.4, -0.2) is 37.1 Å². The number of hydrogen-bond donors (Lipinski definition) is 1. The zero-order valence-electron chi connectivity index (χ0n) is 10.0. The van der Waals surface area contributed by atoms with Crippen molar-refractivity contribution in [3.8, 4) is 0 Å². The molecule has 0 radical (unpaired) electrons. The van der Waals surface area contributed by atoms with Crippen molar-refractivity contribution in [2.24, 2.45) is 0 Å². The molecule has 0 aromatic carbocycles. The summed E-state index contributed by atoms with van der Waals surface area (Å²) in [5, 5.41) is 3.46. The third kappa shape index (κ3) is 2.09. The fraction of sp³-hybridized carbons (Fsp3) is 0.714. The van der Waals surface area contributed by atoms with E-state index < -0.39 is 0 Å². The minimum atomic E-state index is 0.848. The molecule has 0 saturated carbocycles. The molecule has 16 heavy (non-hydrogen) atoms. The first-order valence-electron chi connectivity index (χ1n) is 6.76. The van der Waals surface area contributed by atoms with E-state index in [-0.39, 0.29) is 0 Å². The van der Waals surface area contributed by atoms with Crippen LogP contribution in [0.3, 0.4) is 0 Å². The maximum Gasteiger partial charge on any atom is 0.0201 e. The molecule has 2 nitrogen and oxygen atoms in total. The van der Waals surface area contributed by atoms with Crippen LogP contribution in [0.2, 0.25) is 0 Å². The molecule has 0 aromatic rings. The lowest BCUT2D eigenvalue weighted by molar-refractivity contribution is 0.168. The number of hydrogen-bond acceptors (Lipinski definition) is 2. The van der Waals surface area contributed by atoms with Crippen LogP contribution < -0.4 is 5.32 Å². The molecule has 3 aliphatic rings. The standard InChI is InChI=1S/C14H22N2/c1-2-4-13-11-16(10-7-12(13)3-1)14-5-8-15-9-6-14/h1,3,14-15H,2,4-11H2. The molecule has 0 aromatic heterocycles. The SMILES string of the molecule is C1=CC2=C(CC1)CN(C1CCNCC1)CC2. The summed E-state index contributed by atoms with van der Waals surface area (Å²) in [6, 6.07) is 0.848. The average molecular weight is 218 g/mol. The second-order valence-electron chi connectivity index (χ2n) is 5.27. The van der Waals surface area contributed by atoms with Crippen molar-refractivity contribution >= 4 is 0 Å². The highest BCUT2D eigenvalue weighted by Crippen LogP contribution is 2.28. The van der Waals surface area contributed by atoms with Crippen LogP contribution >= 0.6 is 0 Å². The van der Waals surface area contributed by atoms with E-state index in [0.29, 0.717) is 0 Å². The molecule has 1 saturated heterocycles. The zero-order chi connectivity index (χ0) is 10.8. The summed E-state index contributed by atoms with van der Waals surface area (Å²) < 4.78 is 0. The van der Waals surface area contributed by atoms with Gasteiger partial charge in [0.25, 0.3) is 0 Å². The number of nitrogens with one attached hydrogen (secondary N) is 1. The second kappa shape index (κ2) is 4.72. The van der Waals surface area contributed by atoms with E-state index in [2.05, 4.69) is 22.4 Å². The van der Waals surface area contributed by atoms with Gasteiger partial charge in [-0.25, -0.2) is 0 Å². The van der Waals surface area contributed by atoms with Gasteiger partial charge < -0.3 is 5.32 Å². The summed E-state index contributed by atoms with van der Waals surface area (Å²) in [4.78, 5) is 2.73. The maximum absolute atomic E-state index is 3.46. The Kier molecular flexibility index (Phi) is 3.11. The minimum absolute atomic E-state index is 0.848. The van der Waals surface area contributed by atoms with E-state index in [1.54, 1.807) is 11.1 Å². The lowest BCUT2D eigenvalue weighted by Gasteiger charge is -2.39. The summed E-state index contributed by atoms with van der Waals surface area (Å²) in [6.45, 7) is 4.97. The van der Waals surface area contributed by atoms with E-state index in [1.807, 2.05) is 0 Å². The molecule has 0 unspecified atom stereocenters. The Labute approximate surface area is 98.4 Å². The number of piperidine rings is 1. The Morgan fingerprint density at radius 2 is 2.06 bits per heavy atom. The predicted octanol–water partition coefficient (Wildman–Crippen LogP) is 2.09. The van der Waals surface area contributed by atoms with Crippen molar-refractivity contribution in [1.82, 2.24) is 10.2 Å². The van der Waals surface area contributed by atoms with Crippen LogP contribution in [0.1, 0.15) is 32.1 Å². The van der Waals surface area contributed by atoms with E-state index in [0.717, 1.165) is 6.04 Å². The fourth-order valence-corrected chi connectivity index (χ4v) is 3.27. The molecule has 1 aliphatic carbocycles. The van der Waals surface area contributed by atoms with Crippen LogP contribution in [0.5, 0.6) is 0 Å². The second-order valence-corrected chi connectivity index (χ2v) is 5.27. The molecule has 0 bridgehead atoms. The first kappa shape index (κ1) is 10.5. The van der Waals surface area contributed by atoms with Gasteiger partial charge in [-0.3, -0.25) is 4.90 Å². The van der Waals surface area contributed by atoms with Crippen LogP contribution in [0.15, 0.2) is 23.3 Å². The molecule has 0 spiro atoms. The first-order chi connectivity index (χ1) is 7.93. The quantitative estimate of drug-likeness (QED) is 0.725. The monoisotopic (exact) mass is 218 g/mol. The van der Waals surface area contributed by atoms with Gasteiger partial charge in [-0.05, 0) is 50.8 Å². The third-order valence-corrected chi connectivity index (χ3v) is 4.27. The van der Waals surface area contributed by atoms with Crippen LogP contribution in [0.25, 0.3) is 0 Å². The molecule has 2 aliphatic heterocycles. The van der Waals surface area contributed by atoms with Gasteiger partial charge in [-0.2, -0.15) is 0 Å². The van der Waals surface area contributed by atoms with E-state index in [1.165, 1.54) is 58.3 Å². The summed E-state index contributed by atoms with van der Waals surface area (Å²) in [7, 11) is 0. The molecule has 88 valence electrons. The lowest BCUT2D eigenvalue weighted by atomic mass is 9.90. The lowest BCUT2D eigenvalue weighted by Crippen LogP contribution is -2.46. The molecular weight excluding hydrogens is 196 g/mol. The maximum atomic E-state index is 3.46. The summed E-state index contributed by atoms with van der Waals surface area (Å²) in [5.41, 5.74) is 3.38. The first-order valence-corrected chi connectivity index (χ1v) is 6.76. The fourth-order valence-electron chi connectivity index (χ4n) is 3.27. The van der Waals surface area contributed by atoms with Crippen LogP contribution in [-0.2, 0) is 0 Å². The van der Waals surface area contributed by atoms with Gasteiger partial charge in [0.15, 0.2) is 0 Å². The molecule has 0 amide bonds.